The summed E-state index contributed by atoms with van der Waals surface area (Å²) in [6.45, 7) is 0.986. The van der Waals surface area contributed by atoms with Crippen LogP contribution < -0.4 is 0 Å². The number of hydrogen-bond acceptors (Lipinski definition) is 2. The zero-order valence-electron chi connectivity index (χ0n) is 10.1. The second-order valence-electron chi connectivity index (χ2n) is 4.31. The highest BCUT2D eigenvalue weighted by molar-refractivity contribution is 5.77. The standard InChI is InChI=1S/C13H14FN3O/c1-16-12(10-3-5-11(14)6-4-10)9-17(13(16)18)8-2-7-15/h3-6,12H,2,8-9H2,1H3. The Morgan fingerprint density at radius 2 is 2.11 bits per heavy atom. The lowest BCUT2D eigenvalue weighted by atomic mass is 10.1. The number of benzene rings is 1. The number of nitrogens with zero attached hydrogens (tertiary/aromatic N) is 3. The van der Waals surface area contributed by atoms with Crippen LogP contribution in [0.5, 0.6) is 0 Å². The molecular formula is C13H14FN3O. The Bertz CT molecular complexity index is 480. The molecule has 0 aliphatic carbocycles. The van der Waals surface area contributed by atoms with Crippen LogP contribution in [-0.2, 0) is 0 Å². The first-order chi connectivity index (χ1) is 8.63. The molecular weight excluding hydrogens is 233 g/mol. The van der Waals surface area contributed by atoms with Gasteiger partial charge in [0, 0.05) is 20.1 Å². The van der Waals surface area contributed by atoms with Gasteiger partial charge < -0.3 is 9.80 Å². The van der Waals surface area contributed by atoms with Crippen molar-refractivity contribution in [2.45, 2.75) is 12.5 Å². The van der Waals surface area contributed by atoms with Crippen molar-refractivity contribution in [1.29, 1.82) is 5.26 Å². The summed E-state index contributed by atoms with van der Waals surface area (Å²) in [5.74, 6) is -0.285. The van der Waals surface area contributed by atoms with E-state index in [-0.39, 0.29) is 17.9 Å². The van der Waals surface area contributed by atoms with E-state index in [2.05, 4.69) is 0 Å². The van der Waals surface area contributed by atoms with E-state index >= 15 is 0 Å². The van der Waals surface area contributed by atoms with E-state index in [1.54, 1.807) is 29.0 Å². The second-order valence-corrected chi connectivity index (χ2v) is 4.31. The fourth-order valence-electron chi connectivity index (χ4n) is 2.15. The molecule has 18 heavy (non-hydrogen) atoms. The average molecular weight is 247 g/mol. The van der Waals surface area contributed by atoms with Crippen LogP contribution in [0.1, 0.15) is 18.0 Å². The molecule has 0 radical (unpaired) electrons. The number of rotatable bonds is 3. The number of nitriles is 1. The first-order valence-corrected chi connectivity index (χ1v) is 5.77. The minimum atomic E-state index is -0.285. The molecule has 94 valence electrons. The lowest BCUT2D eigenvalue weighted by Crippen LogP contribution is -2.30. The lowest BCUT2D eigenvalue weighted by Gasteiger charge is -2.17. The second kappa shape index (κ2) is 5.05. The zero-order valence-corrected chi connectivity index (χ0v) is 10.1. The maximum Gasteiger partial charge on any atom is 0.320 e. The van der Waals surface area contributed by atoms with Crippen molar-refractivity contribution in [3.05, 3.63) is 35.6 Å². The van der Waals surface area contributed by atoms with E-state index in [0.717, 1.165) is 5.56 Å². The minimum Gasteiger partial charge on any atom is -0.321 e. The summed E-state index contributed by atoms with van der Waals surface area (Å²) in [7, 11) is 1.72. The van der Waals surface area contributed by atoms with E-state index in [1.165, 1.54) is 12.1 Å². The van der Waals surface area contributed by atoms with Crippen LogP contribution in [0.2, 0.25) is 0 Å². The molecule has 1 aromatic rings. The smallest absolute Gasteiger partial charge is 0.320 e. The molecule has 1 aliphatic heterocycles. The quantitative estimate of drug-likeness (QED) is 0.821. The van der Waals surface area contributed by atoms with Gasteiger partial charge in [0.05, 0.1) is 18.5 Å². The lowest BCUT2D eigenvalue weighted by molar-refractivity contribution is 0.196. The van der Waals surface area contributed by atoms with Crippen LogP contribution in [0.25, 0.3) is 0 Å². The van der Waals surface area contributed by atoms with E-state index in [4.69, 9.17) is 5.26 Å². The zero-order chi connectivity index (χ0) is 13.1. The third kappa shape index (κ3) is 2.28. The minimum absolute atomic E-state index is 0.0724. The van der Waals surface area contributed by atoms with Crippen molar-refractivity contribution < 1.29 is 9.18 Å². The van der Waals surface area contributed by atoms with Gasteiger partial charge in [-0.2, -0.15) is 5.26 Å². The summed E-state index contributed by atoms with van der Waals surface area (Å²) in [5, 5.41) is 8.55. The number of likely N-dealkylation sites (N-methyl/N-ethyl adjacent to an activating group) is 1. The molecule has 5 heteroatoms. The van der Waals surface area contributed by atoms with E-state index < -0.39 is 0 Å². The average Bonchev–Trinajstić information content (AvgIpc) is 2.65. The van der Waals surface area contributed by atoms with E-state index in [1.807, 2.05) is 6.07 Å². The Balaban J connectivity index is 2.13. The van der Waals surface area contributed by atoms with Gasteiger partial charge in [-0.15, -0.1) is 0 Å². The molecule has 0 saturated carbocycles. The largest absolute Gasteiger partial charge is 0.321 e. The Morgan fingerprint density at radius 3 is 2.72 bits per heavy atom. The van der Waals surface area contributed by atoms with Crippen molar-refractivity contribution in [2.75, 3.05) is 20.1 Å². The van der Waals surface area contributed by atoms with Gasteiger partial charge in [0.15, 0.2) is 0 Å². The Kier molecular flexibility index (Phi) is 3.47. The maximum absolute atomic E-state index is 12.9. The van der Waals surface area contributed by atoms with Gasteiger partial charge in [0.1, 0.15) is 5.82 Å². The molecule has 4 nitrogen and oxygen atoms in total. The van der Waals surface area contributed by atoms with Crippen LogP contribution >= 0.6 is 0 Å². The number of carbonyl (C=O) groups is 1. The van der Waals surface area contributed by atoms with Crippen molar-refractivity contribution >= 4 is 6.03 Å². The fourth-order valence-corrected chi connectivity index (χ4v) is 2.15. The summed E-state index contributed by atoms with van der Waals surface area (Å²) in [4.78, 5) is 15.2. The normalized spacial score (nSPS) is 19.2. The molecule has 1 aliphatic rings. The van der Waals surface area contributed by atoms with Gasteiger partial charge in [-0.25, -0.2) is 9.18 Å². The van der Waals surface area contributed by atoms with Gasteiger partial charge >= 0.3 is 6.03 Å². The van der Waals surface area contributed by atoms with Crippen LogP contribution in [-0.4, -0.2) is 36.0 Å². The van der Waals surface area contributed by atoms with Crippen molar-refractivity contribution in [3.63, 3.8) is 0 Å². The highest BCUT2D eigenvalue weighted by Crippen LogP contribution is 2.28. The highest BCUT2D eigenvalue weighted by Gasteiger charge is 2.34. The summed E-state index contributed by atoms with van der Waals surface area (Å²) < 4.78 is 12.9. The van der Waals surface area contributed by atoms with Crippen molar-refractivity contribution in [3.8, 4) is 6.07 Å². The van der Waals surface area contributed by atoms with Crippen LogP contribution in [0.15, 0.2) is 24.3 Å². The summed E-state index contributed by atoms with van der Waals surface area (Å²) >= 11 is 0. The topological polar surface area (TPSA) is 47.3 Å². The molecule has 1 atom stereocenters. The predicted molar refractivity (Wildman–Crippen MR) is 64.1 cm³/mol. The number of urea groups is 1. The molecule has 1 fully saturated rings. The van der Waals surface area contributed by atoms with Crippen molar-refractivity contribution in [2.24, 2.45) is 0 Å². The summed E-state index contributed by atoms with van der Waals surface area (Å²) in [5.41, 5.74) is 0.909. The van der Waals surface area contributed by atoms with Crippen LogP contribution in [0.3, 0.4) is 0 Å². The monoisotopic (exact) mass is 247 g/mol. The Labute approximate surface area is 105 Å². The van der Waals surface area contributed by atoms with Gasteiger partial charge in [-0.3, -0.25) is 0 Å². The number of carbonyl (C=O) groups excluding carboxylic acids is 1. The number of amides is 2. The first-order valence-electron chi connectivity index (χ1n) is 5.77. The van der Waals surface area contributed by atoms with Crippen molar-refractivity contribution in [1.82, 2.24) is 9.80 Å². The molecule has 1 unspecified atom stereocenters. The van der Waals surface area contributed by atoms with E-state index in [0.29, 0.717) is 19.5 Å². The number of halogens is 1. The number of hydrogen-bond donors (Lipinski definition) is 0. The third-order valence-electron chi connectivity index (χ3n) is 3.18. The van der Waals surface area contributed by atoms with E-state index in [9.17, 15) is 9.18 Å². The van der Waals surface area contributed by atoms with Gasteiger partial charge in [0.25, 0.3) is 0 Å². The predicted octanol–water partition coefficient (Wildman–Crippen LogP) is 2.15. The molecule has 1 heterocycles. The third-order valence-corrected chi connectivity index (χ3v) is 3.18. The molecule has 1 aromatic carbocycles. The highest BCUT2D eigenvalue weighted by atomic mass is 19.1. The first kappa shape index (κ1) is 12.4. The fraction of sp³-hybridized carbons (Fsp3) is 0.385. The summed E-state index contributed by atoms with van der Waals surface area (Å²) in [6, 6.07) is 8.05. The molecule has 2 amide bonds. The molecule has 2 rings (SSSR count). The summed E-state index contributed by atoms with van der Waals surface area (Å²) in [6.07, 6.45) is 0.329. The molecule has 0 spiro atoms. The van der Waals surface area contributed by atoms with Gasteiger partial charge in [-0.1, -0.05) is 12.1 Å². The SMILES string of the molecule is CN1C(=O)N(CCC#N)CC1c1ccc(F)cc1. The van der Waals surface area contributed by atoms with Gasteiger partial charge in [0.2, 0.25) is 0 Å². The molecule has 1 saturated heterocycles. The Morgan fingerprint density at radius 1 is 1.44 bits per heavy atom. The maximum atomic E-state index is 12.9. The molecule has 0 aromatic heterocycles. The van der Waals surface area contributed by atoms with Crippen LogP contribution in [0, 0.1) is 17.1 Å². The molecule has 0 bridgehead atoms. The molecule has 0 N–H and O–H groups in total. The van der Waals surface area contributed by atoms with Gasteiger partial charge in [-0.05, 0) is 17.7 Å². The Hall–Kier alpha value is -2.09. The van der Waals surface area contributed by atoms with Crippen LogP contribution in [0.4, 0.5) is 9.18 Å².